The molecule has 0 radical (unpaired) electrons. The van der Waals surface area contributed by atoms with Gasteiger partial charge in [-0.2, -0.15) is 4.98 Å². The summed E-state index contributed by atoms with van der Waals surface area (Å²) in [4.78, 5) is 6.41. The van der Waals surface area contributed by atoms with E-state index in [4.69, 9.17) is 15.0 Å². The number of ether oxygens (including phenoxy) is 1. The van der Waals surface area contributed by atoms with E-state index >= 15 is 0 Å². The zero-order chi connectivity index (χ0) is 13.8. The van der Waals surface area contributed by atoms with Crippen LogP contribution < -0.4 is 10.5 Å². The first-order valence-electron chi connectivity index (χ1n) is 6.01. The van der Waals surface area contributed by atoms with Crippen molar-refractivity contribution in [2.24, 2.45) is 0 Å². The van der Waals surface area contributed by atoms with Gasteiger partial charge in [0.2, 0.25) is 0 Å². The highest BCUT2D eigenvalue weighted by atomic mass is 16.5. The third kappa shape index (κ3) is 3.23. The largest absolute Gasteiger partial charge is 0.497 e. The number of anilines is 1. The molecule has 0 saturated carbocycles. The first kappa shape index (κ1) is 13.4. The van der Waals surface area contributed by atoms with Crippen LogP contribution in [0.4, 0.5) is 5.69 Å². The van der Waals surface area contributed by atoms with Crippen molar-refractivity contribution >= 4 is 5.69 Å². The molecule has 0 aliphatic heterocycles. The van der Waals surface area contributed by atoms with Crippen LogP contribution in [-0.4, -0.2) is 42.8 Å². The molecular formula is C13H18N4O2. The summed E-state index contributed by atoms with van der Waals surface area (Å²) < 4.78 is 10.4. The fraction of sp³-hybridized carbons (Fsp3) is 0.385. The van der Waals surface area contributed by atoms with E-state index in [0.29, 0.717) is 28.7 Å². The number of hydrogen-bond acceptors (Lipinski definition) is 6. The van der Waals surface area contributed by atoms with Crippen molar-refractivity contribution < 1.29 is 9.26 Å². The van der Waals surface area contributed by atoms with Crippen molar-refractivity contribution in [1.82, 2.24) is 15.0 Å². The lowest BCUT2D eigenvalue weighted by Crippen LogP contribution is -2.15. The van der Waals surface area contributed by atoms with E-state index in [-0.39, 0.29) is 0 Å². The average molecular weight is 262 g/mol. The molecule has 0 fully saturated rings. The molecule has 102 valence electrons. The molecular weight excluding hydrogens is 244 g/mol. The zero-order valence-corrected chi connectivity index (χ0v) is 11.4. The van der Waals surface area contributed by atoms with Gasteiger partial charge in [0.05, 0.1) is 12.7 Å². The molecule has 2 N–H and O–H groups in total. The number of nitrogens with zero attached hydrogens (tertiary/aromatic N) is 3. The molecule has 0 atom stereocenters. The second-order valence-electron chi connectivity index (χ2n) is 4.52. The monoisotopic (exact) mass is 262 g/mol. The Hall–Kier alpha value is -2.08. The third-order valence-electron chi connectivity index (χ3n) is 2.74. The smallest absolute Gasteiger partial charge is 0.260 e. The SMILES string of the molecule is COc1ccc(N)c(-c2nc(CCN(C)C)no2)c1. The molecule has 0 aliphatic carbocycles. The van der Waals surface area contributed by atoms with Gasteiger partial charge in [-0.25, -0.2) is 0 Å². The Labute approximate surface area is 112 Å². The van der Waals surface area contributed by atoms with Crippen molar-refractivity contribution in [1.29, 1.82) is 0 Å². The van der Waals surface area contributed by atoms with Crippen LogP contribution in [0.3, 0.4) is 0 Å². The summed E-state index contributed by atoms with van der Waals surface area (Å²) in [5, 5.41) is 3.95. The van der Waals surface area contributed by atoms with Gasteiger partial charge in [0, 0.05) is 18.7 Å². The zero-order valence-electron chi connectivity index (χ0n) is 11.4. The number of hydrogen-bond donors (Lipinski definition) is 1. The van der Waals surface area contributed by atoms with Gasteiger partial charge in [-0.15, -0.1) is 0 Å². The molecule has 0 amide bonds. The van der Waals surface area contributed by atoms with Crippen LogP contribution in [-0.2, 0) is 6.42 Å². The number of likely N-dealkylation sites (N-methyl/N-ethyl adjacent to an activating group) is 1. The predicted molar refractivity (Wildman–Crippen MR) is 73.0 cm³/mol. The average Bonchev–Trinajstić information content (AvgIpc) is 2.85. The molecule has 1 aromatic heterocycles. The second-order valence-corrected chi connectivity index (χ2v) is 4.52. The minimum absolute atomic E-state index is 0.421. The molecule has 1 heterocycles. The minimum Gasteiger partial charge on any atom is -0.497 e. The van der Waals surface area contributed by atoms with Crippen molar-refractivity contribution in [3.8, 4) is 17.2 Å². The number of methoxy groups -OCH3 is 1. The Kier molecular flexibility index (Phi) is 4.01. The highest BCUT2D eigenvalue weighted by Gasteiger charge is 2.13. The topological polar surface area (TPSA) is 77.4 Å². The van der Waals surface area contributed by atoms with E-state index in [1.165, 1.54) is 0 Å². The Bertz CT molecular complexity index is 551. The second kappa shape index (κ2) is 5.71. The van der Waals surface area contributed by atoms with E-state index in [0.717, 1.165) is 13.0 Å². The molecule has 0 saturated heterocycles. The van der Waals surface area contributed by atoms with Gasteiger partial charge in [-0.1, -0.05) is 5.16 Å². The fourth-order valence-corrected chi connectivity index (χ4v) is 1.64. The van der Waals surface area contributed by atoms with Crippen molar-refractivity contribution in [3.63, 3.8) is 0 Å². The Morgan fingerprint density at radius 1 is 1.37 bits per heavy atom. The van der Waals surface area contributed by atoms with Crippen LogP contribution in [0, 0.1) is 0 Å². The van der Waals surface area contributed by atoms with Gasteiger partial charge in [-0.3, -0.25) is 0 Å². The molecule has 19 heavy (non-hydrogen) atoms. The molecule has 2 rings (SSSR count). The van der Waals surface area contributed by atoms with Gasteiger partial charge in [0.15, 0.2) is 5.82 Å². The summed E-state index contributed by atoms with van der Waals surface area (Å²) in [5.41, 5.74) is 7.20. The lowest BCUT2D eigenvalue weighted by atomic mass is 10.1. The Morgan fingerprint density at radius 3 is 2.84 bits per heavy atom. The molecule has 0 bridgehead atoms. The normalized spacial score (nSPS) is 10.9. The quantitative estimate of drug-likeness (QED) is 0.821. The van der Waals surface area contributed by atoms with E-state index in [1.54, 1.807) is 25.3 Å². The summed E-state index contributed by atoms with van der Waals surface area (Å²) in [6.07, 6.45) is 0.736. The standard InChI is InChI=1S/C13H18N4O2/c1-17(2)7-6-12-15-13(19-16-12)10-8-9(18-3)4-5-11(10)14/h4-5,8H,6-7,14H2,1-3H3. The van der Waals surface area contributed by atoms with E-state index < -0.39 is 0 Å². The fourth-order valence-electron chi connectivity index (χ4n) is 1.64. The van der Waals surface area contributed by atoms with E-state index in [9.17, 15) is 0 Å². The van der Waals surface area contributed by atoms with Crippen LogP contribution in [0.5, 0.6) is 5.75 Å². The first-order valence-corrected chi connectivity index (χ1v) is 6.01. The minimum atomic E-state index is 0.421. The Balaban J connectivity index is 2.22. The number of rotatable bonds is 5. The lowest BCUT2D eigenvalue weighted by molar-refractivity contribution is 0.392. The molecule has 2 aromatic rings. The summed E-state index contributed by atoms with van der Waals surface area (Å²) in [5.74, 6) is 1.80. The van der Waals surface area contributed by atoms with Gasteiger partial charge in [-0.05, 0) is 32.3 Å². The summed E-state index contributed by atoms with van der Waals surface area (Å²) >= 11 is 0. The number of nitrogen functional groups attached to an aromatic ring is 1. The maximum atomic E-state index is 5.92. The van der Waals surface area contributed by atoms with Crippen LogP contribution in [0.1, 0.15) is 5.82 Å². The maximum absolute atomic E-state index is 5.92. The van der Waals surface area contributed by atoms with Gasteiger partial charge in [0.1, 0.15) is 5.75 Å². The number of nitrogens with two attached hydrogens (primary N) is 1. The molecule has 0 unspecified atom stereocenters. The molecule has 0 spiro atoms. The Morgan fingerprint density at radius 2 is 2.16 bits per heavy atom. The number of aromatic nitrogens is 2. The summed E-state index contributed by atoms with van der Waals surface area (Å²) in [6.45, 7) is 0.868. The van der Waals surface area contributed by atoms with Crippen LogP contribution in [0.25, 0.3) is 11.5 Å². The van der Waals surface area contributed by atoms with E-state index in [1.807, 2.05) is 14.1 Å². The summed E-state index contributed by atoms with van der Waals surface area (Å²) in [7, 11) is 5.60. The molecule has 1 aromatic carbocycles. The molecule has 6 nitrogen and oxygen atoms in total. The molecule has 6 heteroatoms. The first-order chi connectivity index (χ1) is 9.10. The lowest BCUT2D eigenvalue weighted by Gasteiger charge is -2.05. The van der Waals surface area contributed by atoms with Crippen molar-refractivity contribution in [2.45, 2.75) is 6.42 Å². The summed E-state index contributed by atoms with van der Waals surface area (Å²) in [6, 6.07) is 5.35. The van der Waals surface area contributed by atoms with E-state index in [2.05, 4.69) is 15.0 Å². The predicted octanol–water partition coefficient (Wildman–Crippen LogP) is 1.43. The van der Waals surface area contributed by atoms with Gasteiger partial charge in [0.25, 0.3) is 5.89 Å². The van der Waals surface area contributed by atoms with Crippen molar-refractivity contribution in [3.05, 3.63) is 24.0 Å². The van der Waals surface area contributed by atoms with Crippen LogP contribution in [0.2, 0.25) is 0 Å². The van der Waals surface area contributed by atoms with Crippen LogP contribution in [0.15, 0.2) is 22.7 Å². The maximum Gasteiger partial charge on any atom is 0.260 e. The van der Waals surface area contributed by atoms with Crippen LogP contribution >= 0.6 is 0 Å². The number of benzene rings is 1. The van der Waals surface area contributed by atoms with Gasteiger partial charge >= 0.3 is 0 Å². The van der Waals surface area contributed by atoms with Gasteiger partial charge < -0.3 is 19.9 Å². The van der Waals surface area contributed by atoms with Crippen molar-refractivity contribution in [2.75, 3.05) is 33.5 Å². The third-order valence-corrected chi connectivity index (χ3v) is 2.74. The highest BCUT2D eigenvalue weighted by molar-refractivity contribution is 5.72. The molecule has 0 aliphatic rings. The highest BCUT2D eigenvalue weighted by Crippen LogP contribution is 2.28.